The number of methoxy groups -OCH3 is 1. The van der Waals surface area contributed by atoms with Crippen LogP contribution in [-0.2, 0) is 22.6 Å². The SMILES string of the molecule is COc1ccc(CNCCc2ccc(F)cc2)cc1Br.O=C(O)C(=O)O. The van der Waals surface area contributed by atoms with E-state index >= 15 is 0 Å². The smallest absolute Gasteiger partial charge is 0.414 e. The van der Waals surface area contributed by atoms with E-state index in [1.165, 1.54) is 17.7 Å². The fraction of sp³-hybridized carbons (Fsp3) is 0.222. The zero-order chi connectivity index (χ0) is 19.5. The van der Waals surface area contributed by atoms with Crippen molar-refractivity contribution in [3.05, 3.63) is 63.9 Å². The molecule has 0 spiro atoms. The molecule has 0 aromatic heterocycles. The van der Waals surface area contributed by atoms with Gasteiger partial charge in [0.25, 0.3) is 0 Å². The van der Waals surface area contributed by atoms with Crippen molar-refractivity contribution in [2.24, 2.45) is 0 Å². The van der Waals surface area contributed by atoms with Crippen LogP contribution in [-0.4, -0.2) is 35.8 Å². The number of hydrogen-bond donors (Lipinski definition) is 3. The molecule has 0 amide bonds. The molecule has 2 aromatic rings. The van der Waals surface area contributed by atoms with Gasteiger partial charge in [0.15, 0.2) is 0 Å². The normalized spacial score (nSPS) is 9.81. The number of halogens is 2. The Labute approximate surface area is 158 Å². The van der Waals surface area contributed by atoms with Crippen LogP contribution < -0.4 is 10.1 Å². The number of nitrogens with one attached hydrogen (secondary N) is 1. The summed E-state index contributed by atoms with van der Waals surface area (Å²) in [6.07, 6.45) is 0.887. The van der Waals surface area contributed by atoms with E-state index in [-0.39, 0.29) is 5.82 Å². The van der Waals surface area contributed by atoms with Crippen LogP contribution in [0.15, 0.2) is 46.9 Å². The third-order valence-electron chi connectivity index (χ3n) is 3.23. The van der Waals surface area contributed by atoms with E-state index in [0.717, 1.165) is 35.3 Å². The molecule has 6 nitrogen and oxygen atoms in total. The van der Waals surface area contributed by atoms with Gasteiger partial charge in [-0.15, -0.1) is 0 Å². The zero-order valence-electron chi connectivity index (χ0n) is 14.0. The zero-order valence-corrected chi connectivity index (χ0v) is 15.6. The highest BCUT2D eigenvalue weighted by Crippen LogP contribution is 2.25. The van der Waals surface area contributed by atoms with Gasteiger partial charge in [-0.2, -0.15) is 0 Å². The van der Waals surface area contributed by atoms with Crippen molar-refractivity contribution in [1.29, 1.82) is 0 Å². The summed E-state index contributed by atoms with van der Waals surface area (Å²) in [5, 5.41) is 18.2. The average molecular weight is 428 g/mol. The second kappa shape index (κ2) is 11.2. The van der Waals surface area contributed by atoms with Crippen LogP contribution in [0.1, 0.15) is 11.1 Å². The van der Waals surface area contributed by atoms with Crippen molar-refractivity contribution in [3.63, 3.8) is 0 Å². The van der Waals surface area contributed by atoms with Crippen LogP contribution in [0.5, 0.6) is 5.75 Å². The summed E-state index contributed by atoms with van der Waals surface area (Å²) in [6.45, 7) is 1.65. The standard InChI is InChI=1S/C16H17BrFNO.C2H2O4/c1-20-16-7-4-13(10-15(16)17)11-19-9-8-12-2-5-14(18)6-3-12;3-1(4)2(5)6/h2-7,10,19H,8-9,11H2,1H3;(H,3,4)(H,5,6). The van der Waals surface area contributed by atoms with Crippen molar-refractivity contribution in [2.75, 3.05) is 13.7 Å². The summed E-state index contributed by atoms with van der Waals surface area (Å²) in [4.78, 5) is 18.2. The molecule has 0 radical (unpaired) electrons. The molecule has 0 atom stereocenters. The largest absolute Gasteiger partial charge is 0.496 e. The first-order valence-corrected chi connectivity index (χ1v) is 8.36. The number of benzene rings is 2. The lowest BCUT2D eigenvalue weighted by Gasteiger charge is -2.08. The highest BCUT2D eigenvalue weighted by Gasteiger charge is 2.04. The van der Waals surface area contributed by atoms with Gasteiger partial charge in [-0.25, -0.2) is 14.0 Å². The maximum absolute atomic E-state index is 12.8. The number of rotatable bonds is 6. The van der Waals surface area contributed by atoms with Crippen LogP contribution in [0.3, 0.4) is 0 Å². The van der Waals surface area contributed by atoms with E-state index in [4.69, 9.17) is 24.5 Å². The maximum Gasteiger partial charge on any atom is 0.414 e. The predicted molar refractivity (Wildman–Crippen MR) is 97.8 cm³/mol. The van der Waals surface area contributed by atoms with Crippen molar-refractivity contribution < 1.29 is 28.9 Å². The highest BCUT2D eigenvalue weighted by molar-refractivity contribution is 9.10. The molecule has 0 unspecified atom stereocenters. The van der Waals surface area contributed by atoms with Crippen molar-refractivity contribution in [3.8, 4) is 5.75 Å². The Bertz CT molecular complexity index is 725. The molecule has 0 aliphatic carbocycles. The Balaban J connectivity index is 0.000000487. The third kappa shape index (κ3) is 8.09. The van der Waals surface area contributed by atoms with Gasteiger partial charge in [0.2, 0.25) is 0 Å². The molecular formula is C18H19BrFNO5. The quantitative estimate of drug-likeness (QED) is 0.484. The van der Waals surface area contributed by atoms with E-state index in [1.54, 1.807) is 7.11 Å². The molecule has 0 heterocycles. The van der Waals surface area contributed by atoms with Crippen LogP contribution >= 0.6 is 15.9 Å². The van der Waals surface area contributed by atoms with Gasteiger partial charge in [0.05, 0.1) is 11.6 Å². The van der Waals surface area contributed by atoms with E-state index in [1.807, 2.05) is 30.3 Å². The minimum Gasteiger partial charge on any atom is -0.496 e. The van der Waals surface area contributed by atoms with Crippen molar-refractivity contribution in [1.82, 2.24) is 5.32 Å². The van der Waals surface area contributed by atoms with Crippen molar-refractivity contribution in [2.45, 2.75) is 13.0 Å². The fourth-order valence-electron chi connectivity index (χ4n) is 1.94. The van der Waals surface area contributed by atoms with Crippen molar-refractivity contribution >= 4 is 27.9 Å². The van der Waals surface area contributed by atoms with Gasteiger partial charge in [0, 0.05) is 6.54 Å². The second-order valence-electron chi connectivity index (χ2n) is 5.13. The first kappa shape index (κ1) is 21.6. The summed E-state index contributed by atoms with van der Waals surface area (Å²) in [6, 6.07) is 12.7. The second-order valence-corrected chi connectivity index (χ2v) is 5.99. The number of hydrogen-bond acceptors (Lipinski definition) is 4. The fourth-order valence-corrected chi connectivity index (χ4v) is 2.52. The van der Waals surface area contributed by atoms with Crippen LogP contribution in [0.2, 0.25) is 0 Å². The molecule has 140 valence electrons. The van der Waals surface area contributed by atoms with E-state index < -0.39 is 11.9 Å². The predicted octanol–water partition coefficient (Wildman–Crippen LogP) is 3.08. The monoisotopic (exact) mass is 427 g/mol. The maximum atomic E-state index is 12.8. The molecule has 2 aromatic carbocycles. The molecule has 3 N–H and O–H groups in total. The molecule has 2 rings (SSSR count). The Kier molecular flexibility index (Phi) is 9.32. The lowest BCUT2D eigenvalue weighted by molar-refractivity contribution is -0.159. The van der Waals surface area contributed by atoms with Gasteiger partial charge >= 0.3 is 11.9 Å². The average Bonchev–Trinajstić information content (AvgIpc) is 2.61. The molecule has 0 fully saturated rings. The number of carboxylic acids is 2. The summed E-state index contributed by atoms with van der Waals surface area (Å²) in [5.74, 6) is -3.00. The molecule has 26 heavy (non-hydrogen) atoms. The molecule has 0 saturated carbocycles. The summed E-state index contributed by atoms with van der Waals surface area (Å²) in [7, 11) is 1.65. The molecule has 0 saturated heterocycles. The minimum atomic E-state index is -1.82. The highest BCUT2D eigenvalue weighted by atomic mass is 79.9. The number of carbonyl (C=O) groups is 2. The van der Waals surface area contributed by atoms with E-state index in [0.29, 0.717) is 0 Å². The molecule has 8 heteroatoms. The number of carboxylic acid groups (broad SMARTS) is 2. The summed E-state index contributed by atoms with van der Waals surface area (Å²) >= 11 is 3.47. The molecular weight excluding hydrogens is 409 g/mol. The topological polar surface area (TPSA) is 95.9 Å². The third-order valence-corrected chi connectivity index (χ3v) is 3.85. The van der Waals surface area contributed by atoms with Gasteiger partial charge in [-0.05, 0) is 64.3 Å². The number of aliphatic carboxylic acids is 2. The van der Waals surface area contributed by atoms with Crippen LogP contribution in [0.25, 0.3) is 0 Å². The number of ether oxygens (including phenoxy) is 1. The minimum absolute atomic E-state index is 0.190. The first-order valence-electron chi connectivity index (χ1n) is 7.57. The van der Waals surface area contributed by atoms with Gasteiger partial charge in [-0.3, -0.25) is 0 Å². The Morgan fingerprint density at radius 3 is 2.15 bits per heavy atom. The van der Waals surface area contributed by atoms with Gasteiger partial charge in [-0.1, -0.05) is 18.2 Å². The lowest BCUT2D eigenvalue weighted by Crippen LogP contribution is -2.16. The summed E-state index contributed by atoms with van der Waals surface area (Å²) < 4.78 is 18.9. The molecule has 0 bridgehead atoms. The molecule has 0 aliphatic heterocycles. The van der Waals surface area contributed by atoms with E-state index in [9.17, 15) is 4.39 Å². The molecule has 0 aliphatic rings. The summed E-state index contributed by atoms with van der Waals surface area (Å²) in [5.41, 5.74) is 2.33. The van der Waals surface area contributed by atoms with Crippen LogP contribution in [0, 0.1) is 5.82 Å². The Morgan fingerprint density at radius 1 is 1.08 bits per heavy atom. The Hall–Kier alpha value is -2.45. The Morgan fingerprint density at radius 2 is 1.65 bits per heavy atom. The first-order chi connectivity index (χ1) is 12.3. The lowest BCUT2D eigenvalue weighted by atomic mass is 10.1. The van der Waals surface area contributed by atoms with Gasteiger partial charge < -0.3 is 20.3 Å². The van der Waals surface area contributed by atoms with Crippen LogP contribution in [0.4, 0.5) is 4.39 Å². The van der Waals surface area contributed by atoms with E-state index in [2.05, 4.69) is 21.2 Å². The van der Waals surface area contributed by atoms with Gasteiger partial charge in [0.1, 0.15) is 11.6 Å².